The molecule has 5 heteroatoms. The Labute approximate surface area is 112 Å². The zero-order chi connectivity index (χ0) is 13.8. The van der Waals surface area contributed by atoms with Gasteiger partial charge in [0, 0.05) is 10.4 Å². The average molecular weight is 268 g/mol. The molecule has 4 nitrogen and oxygen atoms in total. The molecule has 1 aromatic rings. The summed E-state index contributed by atoms with van der Waals surface area (Å²) in [6.07, 6.45) is 0. The molecule has 0 saturated carbocycles. The number of rotatable bonds is 4. The Morgan fingerprint density at radius 2 is 2.11 bits per heavy atom. The summed E-state index contributed by atoms with van der Waals surface area (Å²) < 4.78 is 5.24. The van der Waals surface area contributed by atoms with Crippen molar-refractivity contribution in [1.82, 2.24) is 0 Å². The SMILES string of the molecule is COc1ccc(N)cc1NC(=O)CSC(C)(C)C. The average Bonchev–Trinajstić information content (AvgIpc) is 2.26. The van der Waals surface area contributed by atoms with Gasteiger partial charge in [0.15, 0.2) is 0 Å². The predicted octanol–water partition coefficient (Wildman–Crippen LogP) is 2.75. The third kappa shape index (κ3) is 4.87. The van der Waals surface area contributed by atoms with Crippen molar-refractivity contribution in [1.29, 1.82) is 0 Å². The van der Waals surface area contributed by atoms with Gasteiger partial charge in [0.25, 0.3) is 0 Å². The van der Waals surface area contributed by atoms with Crippen molar-refractivity contribution in [3.63, 3.8) is 0 Å². The molecule has 1 rings (SSSR count). The normalized spacial score (nSPS) is 11.1. The Bertz CT molecular complexity index is 427. The number of nitrogens with one attached hydrogen (secondary N) is 1. The number of ether oxygens (including phenoxy) is 1. The second-order valence-corrected chi connectivity index (χ2v) is 6.71. The fraction of sp³-hybridized carbons (Fsp3) is 0.462. The first-order valence-corrected chi connectivity index (χ1v) is 6.68. The molecular formula is C13H20N2O2S. The van der Waals surface area contributed by atoms with Gasteiger partial charge in [-0.15, -0.1) is 11.8 Å². The van der Waals surface area contributed by atoms with Crippen molar-refractivity contribution in [2.75, 3.05) is 23.9 Å². The van der Waals surface area contributed by atoms with Crippen LogP contribution in [0.5, 0.6) is 5.75 Å². The molecule has 0 fully saturated rings. The molecule has 1 aromatic carbocycles. The van der Waals surface area contributed by atoms with E-state index in [0.717, 1.165) is 0 Å². The number of nitrogen functional groups attached to an aromatic ring is 1. The van der Waals surface area contributed by atoms with Gasteiger partial charge in [-0.1, -0.05) is 20.8 Å². The van der Waals surface area contributed by atoms with E-state index in [1.165, 1.54) is 0 Å². The minimum Gasteiger partial charge on any atom is -0.495 e. The smallest absolute Gasteiger partial charge is 0.234 e. The monoisotopic (exact) mass is 268 g/mol. The van der Waals surface area contributed by atoms with Crippen LogP contribution in [0.15, 0.2) is 18.2 Å². The Kier molecular flexibility index (Phi) is 4.90. The van der Waals surface area contributed by atoms with Crippen molar-refractivity contribution in [2.24, 2.45) is 0 Å². The first kappa shape index (κ1) is 14.7. The van der Waals surface area contributed by atoms with Crippen molar-refractivity contribution in [3.05, 3.63) is 18.2 Å². The van der Waals surface area contributed by atoms with E-state index in [0.29, 0.717) is 22.9 Å². The minimum absolute atomic E-state index is 0.0566. The summed E-state index contributed by atoms with van der Waals surface area (Å²) in [5, 5.41) is 2.81. The summed E-state index contributed by atoms with van der Waals surface area (Å²) in [6, 6.07) is 5.17. The summed E-state index contributed by atoms with van der Waals surface area (Å²) in [7, 11) is 1.56. The van der Waals surface area contributed by atoms with Gasteiger partial charge in [0.05, 0.1) is 18.6 Å². The summed E-state index contributed by atoms with van der Waals surface area (Å²) in [6.45, 7) is 6.23. The number of carbonyl (C=O) groups is 1. The van der Waals surface area contributed by atoms with Crippen LogP contribution in [0.1, 0.15) is 20.8 Å². The predicted molar refractivity (Wildman–Crippen MR) is 78.2 cm³/mol. The number of methoxy groups -OCH3 is 1. The second kappa shape index (κ2) is 6.00. The van der Waals surface area contributed by atoms with E-state index in [1.807, 2.05) is 0 Å². The van der Waals surface area contributed by atoms with Gasteiger partial charge >= 0.3 is 0 Å². The molecule has 0 aromatic heterocycles. The molecule has 0 saturated heterocycles. The number of hydrogen-bond acceptors (Lipinski definition) is 4. The molecule has 0 unspecified atom stereocenters. The van der Waals surface area contributed by atoms with E-state index in [4.69, 9.17) is 10.5 Å². The molecule has 0 aliphatic heterocycles. The fourth-order valence-electron chi connectivity index (χ4n) is 1.29. The molecule has 0 aliphatic rings. The third-order valence-corrected chi connectivity index (χ3v) is 3.41. The van der Waals surface area contributed by atoms with E-state index >= 15 is 0 Å². The van der Waals surface area contributed by atoms with E-state index in [-0.39, 0.29) is 10.7 Å². The second-order valence-electron chi connectivity index (χ2n) is 4.91. The lowest BCUT2D eigenvalue weighted by molar-refractivity contribution is -0.113. The third-order valence-electron chi connectivity index (χ3n) is 2.13. The van der Waals surface area contributed by atoms with Crippen LogP contribution in [0.3, 0.4) is 0 Å². The number of hydrogen-bond donors (Lipinski definition) is 2. The maximum atomic E-state index is 11.8. The molecule has 18 heavy (non-hydrogen) atoms. The van der Waals surface area contributed by atoms with Gasteiger partial charge in [0.1, 0.15) is 5.75 Å². The van der Waals surface area contributed by atoms with E-state index in [1.54, 1.807) is 37.1 Å². The van der Waals surface area contributed by atoms with Crippen molar-refractivity contribution < 1.29 is 9.53 Å². The molecule has 1 amide bonds. The Morgan fingerprint density at radius 1 is 1.44 bits per heavy atom. The highest BCUT2D eigenvalue weighted by molar-refractivity contribution is 8.01. The van der Waals surface area contributed by atoms with Gasteiger partial charge in [-0.05, 0) is 18.2 Å². The first-order chi connectivity index (χ1) is 8.31. The van der Waals surface area contributed by atoms with Crippen LogP contribution in [-0.4, -0.2) is 23.5 Å². The van der Waals surface area contributed by atoms with Gasteiger partial charge in [0.2, 0.25) is 5.91 Å². The topological polar surface area (TPSA) is 64.3 Å². The summed E-state index contributed by atoms with van der Waals surface area (Å²) in [5.41, 5.74) is 6.89. The lowest BCUT2D eigenvalue weighted by Crippen LogP contribution is -2.19. The van der Waals surface area contributed by atoms with Crippen LogP contribution in [0.4, 0.5) is 11.4 Å². The Hall–Kier alpha value is -1.36. The molecule has 0 heterocycles. The van der Waals surface area contributed by atoms with Crippen LogP contribution in [0.25, 0.3) is 0 Å². The molecule has 0 radical (unpaired) electrons. The number of thioether (sulfide) groups is 1. The van der Waals surface area contributed by atoms with Crippen LogP contribution >= 0.6 is 11.8 Å². The van der Waals surface area contributed by atoms with Gasteiger partial charge in [-0.2, -0.15) is 0 Å². The maximum Gasteiger partial charge on any atom is 0.234 e. The molecular weight excluding hydrogens is 248 g/mol. The van der Waals surface area contributed by atoms with Crippen LogP contribution in [-0.2, 0) is 4.79 Å². The summed E-state index contributed by atoms with van der Waals surface area (Å²) >= 11 is 1.59. The molecule has 0 atom stereocenters. The number of benzene rings is 1. The maximum absolute atomic E-state index is 11.8. The van der Waals surface area contributed by atoms with Gasteiger partial charge in [-0.3, -0.25) is 4.79 Å². The van der Waals surface area contributed by atoms with Crippen LogP contribution in [0.2, 0.25) is 0 Å². The highest BCUT2D eigenvalue weighted by Crippen LogP contribution is 2.27. The molecule has 0 aliphatic carbocycles. The standard InChI is InChI=1S/C13H20N2O2S/c1-13(2,3)18-8-12(16)15-10-7-9(14)5-6-11(10)17-4/h5-7H,8,14H2,1-4H3,(H,15,16). The number of anilines is 2. The number of nitrogens with two attached hydrogens (primary N) is 1. The lowest BCUT2D eigenvalue weighted by Gasteiger charge is -2.17. The van der Waals surface area contributed by atoms with Crippen LogP contribution < -0.4 is 15.8 Å². The highest BCUT2D eigenvalue weighted by Gasteiger charge is 2.14. The Morgan fingerprint density at radius 3 is 2.67 bits per heavy atom. The fourth-order valence-corrected chi connectivity index (χ4v) is 1.93. The molecule has 3 N–H and O–H groups in total. The van der Waals surface area contributed by atoms with Gasteiger partial charge in [-0.25, -0.2) is 0 Å². The largest absolute Gasteiger partial charge is 0.495 e. The van der Waals surface area contributed by atoms with E-state index < -0.39 is 0 Å². The first-order valence-electron chi connectivity index (χ1n) is 5.69. The lowest BCUT2D eigenvalue weighted by atomic mass is 10.2. The van der Waals surface area contributed by atoms with Crippen molar-refractivity contribution in [2.45, 2.75) is 25.5 Å². The van der Waals surface area contributed by atoms with Crippen molar-refractivity contribution >= 4 is 29.0 Å². The molecule has 100 valence electrons. The minimum atomic E-state index is -0.0566. The van der Waals surface area contributed by atoms with Crippen LogP contribution in [0, 0.1) is 0 Å². The van der Waals surface area contributed by atoms with E-state index in [2.05, 4.69) is 26.1 Å². The quantitative estimate of drug-likeness (QED) is 0.824. The molecule has 0 spiro atoms. The van der Waals surface area contributed by atoms with E-state index in [9.17, 15) is 4.79 Å². The van der Waals surface area contributed by atoms with Crippen molar-refractivity contribution in [3.8, 4) is 5.75 Å². The zero-order valence-corrected chi connectivity index (χ0v) is 12.1. The highest BCUT2D eigenvalue weighted by atomic mass is 32.2. The summed E-state index contributed by atoms with van der Waals surface area (Å²) in [4.78, 5) is 11.8. The van der Waals surface area contributed by atoms with Gasteiger partial charge < -0.3 is 15.8 Å². The number of carbonyl (C=O) groups excluding carboxylic acids is 1. The Balaban J connectivity index is 2.66. The molecule has 0 bridgehead atoms. The zero-order valence-electron chi connectivity index (χ0n) is 11.2. The number of amides is 1. The summed E-state index contributed by atoms with van der Waals surface area (Å²) in [5.74, 6) is 0.957.